The van der Waals surface area contributed by atoms with Crippen LogP contribution in [0.2, 0.25) is 0 Å². The Morgan fingerprint density at radius 2 is 1.68 bits per heavy atom. The second kappa shape index (κ2) is 6.78. The van der Waals surface area contributed by atoms with Crippen molar-refractivity contribution in [2.45, 2.75) is 38.6 Å². The van der Waals surface area contributed by atoms with Gasteiger partial charge in [-0.05, 0) is 43.2 Å². The molecule has 22 heavy (non-hydrogen) atoms. The molecule has 0 aromatic heterocycles. The molecule has 0 bridgehead atoms. The van der Waals surface area contributed by atoms with E-state index in [1.165, 1.54) is 12.8 Å². The monoisotopic (exact) mass is 293 g/mol. The molecule has 0 heterocycles. The largest absolute Gasteiger partial charge is 0.507 e. The third-order valence-electron chi connectivity index (χ3n) is 4.56. The number of aromatic hydroxyl groups is 1. The highest BCUT2D eigenvalue weighted by molar-refractivity contribution is 5.88. The molecule has 3 rings (SSSR count). The first-order valence-electron chi connectivity index (χ1n) is 8.14. The van der Waals surface area contributed by atoms with Gasteiger partial charge in [-0.15, -0.1) is 0 Å². The van der Waals surface area contributed by atoms with E-state index in [0.29, 0.717) is 11.8 Å². The summed E-state index contributed by atoms with van der Waals surface area (Å²) < 4.78 is 0. The molecule has 0 spiro atoms. The summed E-state index contributed by atoms with van der Waals surface area (Å²) in [6.07, 6.45) is 6.70. The summed E-state index contributed by atoms with van der Waals surface area (Å²) in [6.45, 7) is 2.31. The summed E-state index contributed by atoms with van der Waals surface area (Å²) in [5.74, 6) is 1.16. The van der Waals surface area contributed by atoms with Gasteiger partial charge in [0.25, 0.3) is 0 Å². The normalized spacial score (nSPS) is 22.0. The van der Waals surface area contributed by atoms with Crippen molar-refractivity contribution in [1.82, 2.24) is 0 Å². The van der Waals surface area contributed by atoms with Crippen molar-refractivity contribution in [2.75, 3.05) is 0 Å². The van der Waals surface area contributed by atoms with E-state index in [1.54, 1.807) is 0 Å². The van der Waals surface area contributed by atoms with E-state index in [2.05, 4.69) is 6.92 Å². The Morgan fingerprint density at radius 3 is 2.41 bits per heavy atom. The van der Waals surface area contributed by atoms with Gasteiger partial charge in [0, 0.05) is 23.4 Å². The van der Waals surface area contributed by atoms with Crippen molar-refractivity contribution in [3.8, 4) is 16.9 Å². The van der Waals surface area contributed by atoms with Crippen LogP contribution in [0.5, 0.6) is 5.75 Å². The molecule has 0 amide bonds. The van der Waals surface area contributed by atoms with Gasteiger partial charge in [0.15, 0.2) is 0 Å². The minimum absolute atomic E-state index is 0.321. The molecular formula is C20H23NO. The lowest BCUT2D eigenvalue weighted by Gasteiger charge is -2.23. The van der Waals surface area contributed by atoms with E-state index < -0.39 is 0 Å². The van der Waals surface area contributed by atoms with E-state index in [0.717, 1.165) is 35.4 Å². The Labute approximate surface area is 132 Å². The van der Waals surface area contributed by atoms with Crippen LogP contribution in [0.15, 0.2) is 53.5 Å². The van der Waals surface area contributed by atoms with Gasteiger partial charge in [0.1, 0.15) is 5.75 Å². The molecule has 1 N–H and O–H groups in total. The van der Waals surface area contributed by atoms with Crippen molar-refractivity contribution < 1.29 is 5.11 Å². The maximum atomic E-state index is 10.5. The summed E-state index contributed by atoms with van der Waals surface area (Å²) in [5, 5.41) is 10.5. The maximum Gasteiger partial charge on any atom is 0.132 e. The number of aliphatic imine (C=N–C) groups is 1. The highest BCUT2D eigenvalue weighted by Gasteiger charge is 2.17. The fourth-order valence-corrected chi connectivity index (χ4v) is 3.09. The molecule has 2 aromatic rings. The van der Waals surface area contributed by atoms with Crippen LogP contribution in [0.1, 0.15) is 38.2 Å². The van der Waals surface area contributed by atoms with Crippen LogP contribution >= 0.6 is 0 Å². The number of phenolic OH excluding ortho intramolecular Hbond substituents is 1. The summed E-state index contributed by atoms with van der Waals surface area (Å²) in [5.41, 5.74) is 2.70. The number of benzene rings is 2. The van der Waals surface area contributed by atoms with Crippen LogP contribution < -0.4 is 0 Å². The van der Waals surface area contributed by atoms with Crippen molar-refractivity contribution in [3.05, 3.63) is 54.1 Å². The Morgan fingerprint density at radius 1 is 0.955 bits per heavy atom. The number of phenols is 1. The van der Waals surface area contributed by atoms with Gasteiger partial charge >= 0.3 is 0 Å². The first kappa shape index (κ1) is 14.8. The average Bonchev–Trinajstić information content (AvgIpc) is 2.56. The van der Waals surface area contributed by atoms with Crippen molar-refractivity contribution in [3.63, 3.8) is 0 Å². The summed E-state index contributed by atoms with van der Waals surface area (Å²) in [6, 6.07) is 16.2. The molecular weight excluding hydrogens is 270 g/mol. The maximum absolute atomic E-state index is 10.5. The van der Waals surface area contributed by atoms with Gasteiger partial charge in [-0.3, -0.25) is 4.99 Å². The smallest absolute Gasteiger partial charge is 0.132 e. The molecule has 1 aliphatic carbocycles. The molecule has 2 heteroatoms. The molecule has 0 unspecified atom stereocenters. The predicted octanol–water partition coefficient (Wildman–Crippen LogP) is 5.06. The van der Waals surface area contributed by atoms with Crippen molar-refractivity contribution in [1.29, 1.82) is 0 Å². The lowest BCUT2D eigenvalue weighted by molar-refractivity contribution is 0.350. The Balaban J connectivity index is 1.80. The van der Waals surface area contributed by atoms with Gasteiger partial charge in [0.2, 0.25) is 0 Å². The molecule has 2 aromatic carbocycles. The van der Waals surface area contributed by atoms with Crippen LogP contribution in [-0.2, 0) is 0 Å². The molecule has 0 aliphatic heterocycles. The molecule has 114 valence electrons. The molecule has 0 radical (unpaired) electrons. The Bertz CT molecular complexity index is 640. The highest BCUT2D eigenvalue weighted by atomic mass is 16.3. The predicted molar refractivity (Wildman–Crippen MR) is 92.6 cm³/mol. The molecule has 2 nitrogen and oxygen atoms in total. The van der Waals surface area contributed by atoms with E-state index >= 15 is 0 Å². The number of para-hydroxylation sites is 1. The molecule has 0 atom stereocenters. The third kappa shape index (κ3) is 3.38. The average molecular weight is 293 g/mol. The highest BCUT2D eigenvalue weighted by Crippen LogP contribution is 2.31. The van der Waals surface area contributed by atoms with Gasteiger partial charge in [0.05, 0.1) is 0 Å². The lowest BCUT2D eigenvalue weighted by Crippen LogP contribution is -2.15. The minimum Gasteiger partial charge on any atom is -0.507 e. The van der Waals surface area contributed by atoms with Crippen LogP contribution in [0.4, 0.5) is 0 Å². The van der Waals surface area contributed by atoms with Crippen LogP contribution in [0, 0.1) is 5.92 Å². The fraction of sp³-hybridized carbons (Fsp3) is 0.350. The number of hydrogen-bond donors (Lipinski definition) is 1. The molecule has 0 saturated heterocycles. The summed E-state index contributed by atoms with van der Waals surface area (Å²) >= 11 is 0. The molecule has 1 fully saturated rings. The Hall–Kier alpha value is -2.09. The number of nitrogens with zero attached hydrogens (tertiary/aromatic N) is 1. The van der Waals surface area contributed by atoms with Crippen molar-refractivity contribution in [2.24, 2.45) is 10.9 Å². The lowest BCUT2D eigenvalue weighted by atomic mass is 9.88. The topological polar surface area (TPSA) is 32.6 Å². The van der Waals surface area contributed by atoms with Crippen LogP contribution in [0.25, 0.3) is 11.1 Å². The summed E-state index contributed by atoms with van der Waals surface area (Å²) in [4.78, 5) is 4.70. The van der Waals surface area contributed by atoms with Crippen LogP contribution in [-0.4, -0.2) is 17.4 Å². The Kier molecular flexibility index (Phi) is 4.57. The number of hydrogen-bond acceptors (Lipinski definition) is 2. The van der Waals surface area contributed by atoms with E-state index in [1.807, 2.05) is 54.7 Å². The van der Waals surface area contributed by atoms with Gasteiger partial charge in [-0.25, -0.2) is 0 Å². The number of rotatable bonds is 3. The fourth-order valence-electron chi connectivity index (χ4n) is 3.09. The summed E-state index contributed by atoms with van der Waals surface area (Å²) in [7, 11) is 0. The SMILES string of the molecule is CC1CCC(N=Cc2cccc(-c3ccccc3)c2O)CC1. The van der Waals surface area contributed by atoms with E-state index in [-0.39, 0.29) is 0 Å². The standard InChI is InChI=1S/C20H23NO/c1-15-10-12-18(13-11-15)21-14-17-8-5-9-19(20(17)22)16-6-3-2-4-7-16/h2-9,14-15,18,22H,10-13H2,1H3. The van der Waals surface area contributed by atoms with E-state index in [9.17, 15) is 5.11 Å². The zero-order chi connectivity index (χ0) is 15.4. The third-order valence-corrected chi connectivity index (χ3v) is 4.56. The first-order valence-corrected chi connectivity index (χ1v) is 8.14. The minimum atomic E-state index is 0.321. The van der Waals surface area contributed by atoms with Gasteiger partial charge < -0.3 is 5.11 Å². The molecule has 1 saturated carbocycles. The quantitative estimate of drug-likeness (QED) is 0.788. The van der Waals surface area contributed by atoms with Gasteiger partial charge in [-0.1, -0.05) is 49.4 Å². The molecule has 1 aliphatic rings. The van der Waals surface area contributed by atoms with Crippen LogP contribution in [0.3, 0.4) is 0 Å². The van der Waals surface area contributed by atoms with Crippen molar-refractivity contribution >= 4 is 6.21 Å². The second-order valence-electron chi connectivity index (χ2n) is 6.30. The first-order chi connectivity index (χ1) is 10.7. The zero-order valence-corrected chi connectivity index (χ0v) is 13.1. The second-order valence-corrected chi connectivity index (χ2v) is 6.30. The zero-order valence-electron chi connectivity index (χ0n) is 13.1. The van der Waals surface area contributed by atoms with Gasteiger partial charge in [-0.2, -0.15) is 0 Å². The van der Waals surface area contributed by atoms with E-state index in [4.69, 9.17) is 4.99 Å².